The Balaban J connectivity index is 3.34. The van der Waals surface area contributed by atoms with E-state index in [-0.39, 0.29) is 23.0 Å². The zero-order valence-corrected chi connectivity index (χ0v) is 7.76. The normalized spacial score (nSPS) is 10.6. The maximum absolute atomic E-state index is 12.4. The molecule has 76 valence electrons. The minimum atomic E-state index is -2.74. The van der Waals surface area contributed by atoms with E-state index in [9.17, 15) is 13.6 Å². The summed E-state index contributed by atoms with van der Waals surface area (Å²) < 4.78 is 24.9. The summed E-state index contributed by atoms with van der Waals surface area (Å²) in [6.45, 7) is -0.179. The van der Waals surface area contributed by atoms with Gasteiger partial charge in [-0.25, -0.2) is 13.8 Å². The summed E-state index contributed by atoms with van der Waals surface area (Å²) in [7, 11) is 0. The molecule has 0 aromatic carbocycles. The van der Waals surface area contributed by atoms with Crippen molar-refractivity contribution in [1.29, 1.82) is 0 Å². The van der Waals surface area contributed by atoms with Crippen LogP contribution in [-0.2, 0) is 6.54 Å². The third kappa shape index (κ3) is 2.05. The molecule has 1 aromatic rings. The lowest BCUT2D eigenvalue weighted by molar-refractivity contribution is 0.111. The van der Waals surface area contributed by atoms with Crippen LogP contribution < -0.4 is 5.73 Å². The summed E-state index contributed by atoms with van der Waals surface area (Å²) in [4.78, 5) is 14.0. The summed E-state index contributed by atoms with van der Waals surface area (Å²) in [6, 6.07) is 1.09. The lowest BCUT2D eigenvalue weighted by Gasteiger charge is -2.08. The zero-order valence-electron chi connectivity index (χ0n) is 7.01. The Morgan fingerprint density at radius 2 is 2.29 bits per heavy atom. The number of aromatic nitrogens is 1. The number of nitrogens with two attached hydrogens (primary N) is 1. The molecule has 0 aliphatic rings. The Hall–Kier alpha value is -1.07. The monoisotopic (exact) mass is 220 g/mol. The van der Waals surface area contributed by atoms with Crippen LogP contribution in [-0.4, -0.2) is 11.3 Å². The topological polar surface area (TPSA) is 56.0 Å². The largest absolute Gasteiger partial charge is 0.325 e. The highest BCUT2D eigenvalue weighted by molar-refractivity contribution is 6.31. The second-order valence-electron chi connectivity index (χ2n) is 2.51. The van der Waals surface area contributed by atoms with Crippen LogP contribution in [0.25, 0.3) is 0 Å². The van der Waals surface area contributed by atoms with Gasteiger partial charge >= 0.3 is 0 Å². The number of rotatable bonds is 3. The number of carbonyl (C=O) groups excluding carboxylic acids is 1. The fourth-order valence-corrected chi connectivity index (χ4v) is 1.34. The predicted octanol–water partition coefficient (Wildman–Crippen LogP) is 1.94. The summed E-state index contributed by atoms with van der Waals surface area (Å²) in [5.74, 6) is 0. The van der Waals surface area contributed by atoms with Crippen molar-refractivity contribution in [2.45, 2.75) is 13.0 Å². The highest BCUT2D eigenvalue weighted by atomic mass is 35.5. The molecular weight excluding hydrogens is 214 g/mol. The van der Waals surface area contributed by atoms with Crippen molar-refractivity contribution in [2.24, 2.45) is 5.73 Å². The molecule has 0 saturated carbocycles. The van der Waals surface area contributed by atoms with Crippen molar-refractivity contribution in [3.8, 4) is 0 Å². The van der Waals surface area contributed by atoms with Crippen LogP contribution in [0.15, 0.2) is 6.07 Å². The molecule has 1 rings (SSSR count). The quantitative estimate of drug-likeness (QED) is 0.792. The Labute approximate surface area is 83.9 Å². The smallest absolute Gasteiger partial charge is 0.267 e. The molecule has 0 aliphatic carbocycles. The van der Waals surface area contributed by atoms with E-state index >= 15 is 0 Å². The molecule has 3 nitrogen and oxygen atoms in total. The van der Waals surface area contributed by atoms with Gasteiger partial charge in [-0.1, -0.05) is 11.6 Å². The van der Waals surface area contributed by atoms with Gasteiger partial charge in [0.15, 0.2) is 6.29 Å². The Bertz CT molecular complexity index is 357. The molecule has 0 amide bonds. The van der Waals surface area contributed by atoms with E-state index in [2.05, 4.69) is 4.98 Å². The van der Waals surface area contributed by atoms with Gasteiger partial charge in [-0.2, -0.15) is 0 Å². The first-order chi connectivity index (χ1) is 6.60. The first kappa shape index (κ1) is 11.0. The highest BCUT2D eigenvalue weighted by Crippen LogP contribution is 2.29. The van der Waals surface area contributed by atoms with Crippen LogP contribution in [0.3, 0.4) is 0 Å². The van der Waals surface area contributed by atoms with Crippen LogP contribution in [0.4, 0.5) is 8.78 Å². The van der Waals surface area contributed by atoms with Crippen molar-refractivity contribution < 1.29 is 13.6 Å². The van der Waals surface area contributed by atoms with E-state index in [1.807, 2.05) is 0 Å². The second-order valence-corrected chi connectivity index (χ2v) is 2.92. The summed E-state index contributed by atoms with van der Waals surface area (Å²) in [6.07, 6.45) is -2.31. The molecule has 0 fully saturated rings. The van der Waals surface area contributed by atoms with Crippen LogP contribution >= 0.6 is 11.6 Å². The lowest BCUT2D eigenvalue weighted by Crippen LogP contribution is -2.07. The Morgan fingerprint density at radius 1 is 1.64 bits per heavy atom. The molecule has 0 bridgehead atoms. The fraction of sp³-hybridized carbons (Fsp3) is 0.250. The molecule has 0 unspecified atom stereocenters. The Morgan fingerprint density at radius 3 is 2.71 bits per heavy atom. The minimum absolute atomic E-state index is 0.000139. The van der Waals surface area contributed by atoms with E-state index in [0.717, 1.165) is 6.07 Å². The van der Waals surface area contributed by atoms with E-state index < -0.39 is 12.0 Å². The maximum atomic E-state index is 12.4. The van der Waals surface area contributed by atoms with E-state index in [0.29, 0.717) is 6.29 Å². The molecule has 6 heteroatoms. The number of nitrogens with zero attached hydrogens (tertiary/aromatic N) is 1. The van der Waals surface area contributed by atoms with Gasteiger partial charge in [-0.15, -0.1) is 0 Å². The number of pyridine rings is 1. The third-order valence-electron chi connectivity index (χ3n) is 1.64. The molecule has 14 heavy (non-hydrogen) atoms. The number of halogens is 3. The highest BCUT2D eigenvalue weighted by Gasteiger charge is 2.18. The minimum Gasteiger partial charge on any atom is -0.325 e. The first-order valence-electron chi connectivity index (χ1n) is 3.72. The van der Waals surface area contributed by atoms with Crippen molar-refractivity contribution >= 4 is 17.9 Å². The number of hydrogen-bond acceptors (Lipinski definition) is 3. The lowest BCUT2D eigenvalue weighted by atomic mass is 10.2. The number of alkyl halides is 2. The number of hydrogen-bond donors (Lipinski definition) is 1. The predicted molar refractivity (Wildman–Crippen MR) is 47.5 cm³/mol. The SMILES string of the molecule is NCc1nc(C=O)cc(Cl)c1C(F)F. The van der Waals surface area contributed by atoms with Gasteiger partial charge in [0, 0.05) is 6.54 Å². The summed E-state index contributed by atoms with van der Waals surface area (Å²) in [5.41, 5.74) is 4.76. The zero-order chi connectivity index (χ0) is 10.7. The third-order valence-corrected chi connectivity index (χ3v) is 1.95. The molecule has 0 saturated heterocycles. The number of carbonyl (C=O) groups is 1. The van der Waals surface area contributed by atoms with Crippen molar-refractivity contribution in [2.75, 3.05) is 0 Å². The summed E-state index contributed by atoms with van der Waals surface area (Å²) in [5, 5.41) is -0.183. The van der Waals surface area contributed by atoms with Gasteiger partial charge in [-0.05, 0) is 6.07 Å². The molecule has 1 aromatic heterocycles. The van der Waals surface area contributed by atoms with E-state index in [4.69, 9.17) is 17.3 Å². The van der Waals surface area contributed by atoms with Gasteiger partial charge in [0.1, 0.15) is 5.69 Å². The van der Waals surface area contributed by atoms with Crippen molar-refractivity contribution in [3.05, 3.63) is 28.0 Å². The molecule has 1 heterocycles. The molecule has 2 N–H and O–H groups in total. The molecule has 0 spiro atoms. The van der Waals surface area contributed by atoms with Crippen molar-refractivity contribution in [1.82, 2.24) is 4.98 Å². The van der Waals surface area contributed by atoms with Crippen LogP contribution in [0.5, 0.6) is 0 Å². The number of aldehydes is 1. The van der Waals surface area contributed by atoms with Gasteiger partial charge in [0.25, 0.3) is 6.43 Å². The molecular formula is C8H7ClF2N2O. The maximum Gasteiger partial charge on any atom is 0.267 e. The van der Waals surface area contributed by atoms with E-state index in [1.165, 1.54) is 0 Å². The summed E-state index contributed by atoms with van der Waals surface area (Å²) >= 11 is 5.55. The average molecular weight is 221 g/mol. The molecule has 0 aliphatic heterocycles. The Kier molecular flexibility index (Phi) is 3.49. The van der Waals surface area contributed by atoms with Gasteiger partial charge in [0.05, 0.1) is 16.3 Å². The first-order valence-corrected chi connectivity index (χ1v) is 4.10. The average Bonchev–Trinajstić information content (AvgIpc) is 2.15. The van der Waals surface area contributed by atoms with Crippen LogP contribution in [0.1, 0.15) is 28.2 Å². The van der Waals surface area contributed by atoms with Crippen LogP contribution in [0.2, 0.25) is 5.02 Å². The van der Waals surface area contributed by atoms with E-state index in [1.54, 1.807) is 0 Å². The standard InChI is InChI=1S/C8H7ClF2N2O/c9-5-1-4(3-14)13-6(2-12)7(5)8(10)11/h1,3,8H,2,12H2. The molecule has 0 radical (unpaired) electrons. The van der Waals surface area contributed by atoms with Crippen molar-refractivity contribution in [3.63, 3.8) is 0 Å². The second kappa shape index (κ2) is 4.43. The van der Waals surface area contributed by atoms with Gasteiger partial charge < -0.3 is 5.73 Å². The fourth-order valence-electron chi connectivity index (χ4n) is 1.04. The van der Waals surface area contributed by atoms with Gasteiger partial charge in [0.2, 0.25) is 0 Å². The van der Waals surface area contributed by atoms with Gasteiger partial charge in [-0.3, -0.25) is 4.79 Å². The van der Waals surface area contributed by atoms with Crippen LogP contribution in [0, 0.1) is 0 Å². The molecule has 0 atom stereocenters.